The summed E-state index contributed by atoms with van der Waals surface area (Å²) in [6.45, 7) is 2.56. The van der Waals surface area contributed by atoms with Gasteiger partial charge in [0.2, 0.25) is 6.43 Å². The van der Waals surface area contributed by atoms with Gasteiger partial charge in [0, 0.05) is 50.5 Å². The first-order valence-corrected chi connectivity index (χ1v) is 16.7. The Balaban J connectivity index is 1.29. The van der Waals surface area contributed by atoms with Crippen molar-refractivity contribution in [1.29, 1.82) is 0 Å². The average molecular weight is 652 g/mol. The number of benzene rings is 2. The largest absolute Gasteiger partial charge is 0.508 e. The van der Waals surface area contributed by atoms with Crippen LogP contribution in [-0.2, 0) is 25.7 Å². The molecule has 3 heterocycles. The Morgan fingerprint density at radius 1 is 1.20 bits per heavy atom. The number of sulfone groups is 1. The maximum Gasteiger partial charge on any atom is 0.508 e. The number of thiophene rings is 1. The molecule has 1 atom stereocenters. The number of carbonyl (C=O) groups is 1. The van der Waals surface area contributed by atoms with Crippen LogP contribution in [0, 0.1) is 17.7 Å². The number of anilines is 2. The van der Waals surface area contributed by atoms with Gasteiger partial charge in [0.1, 0.15) is 23.1 Å². The molecule has 2 fully saturated rings. The normalized spacial score (nSPS) is 17.7. The first-order valence-electron chi connectivity index (χ1n) is 14.0. The number of cyclic esters (lactones) is 2. The Kier molecular flexibility index (Phi) is 9.77. The second-order valence-electron chi connectivity index (χ2n) is 10.6. The molecular weight excluding hydrogens is 619 g/mol. The molecule has 3 aromatic rings. The molecule has 5 rings (SSSR count). The van der Waals surface area contributed by atoms with E-state index in [2.05, 4.69) is 27.4 Å². The van der Waals surface area contributed by atoms with E-state index in [1.165, 1.54) is 18.4 Å². The fourth-order valence-corrected chi connectivity index (χ4v) is 7.27. The van der Waals surface area contributed by atoms with Crippen molar-refractivity contribution < 1.29 is 40.6 Å². The molecular formula is C30H32F3N3O6S2. The molecule has 0 aliphatic carbocycles. The van der Waals surface area contributed by atoms with E-state index in [9.17, 15) is 26.4 Å². The molecule has 0 spiro atoms. The van der Waals surface area contributed by atoms with Gasteiger partial charge < -0.3 is 24.8 Å². The van der Waals surface area contributed by atoms with E-state index in [1.54, 1.807) is 0 Å². The number of halogens is 3. The highest BCUT2D eigenvalue weighted by molar-refractivity contribution is 7.90. The van der Waals surface area contributed by atoms with Crippen molar-refractivity contribution in [1.82, 2.24) is 4.90 Å². The van der Waals surface area contributed by atoms with Crippen molar-refractivity contribution >= 4 is 48.8 Å². The Bertz CT molecular complexity index is 1700. The van der Waals surface area contributed by atoms with Gasteiger partial charge in [-0.2, -0.15) is 0 Å². The van der Waals surface area contributed by atoms with Gasteiger partial charge in [-0.25, -0.2) is 26.4 Å². The molecule has 0 bridgehead atoms. The van der Waals surface area contributed by atoms with Crippen LogP contribution in [0.3, 0.4) is 0 Å². The molecule has 1 unspecified atom stereocenters. The number of nitrogens with zero attached hydrogens (tertiary/aromatic N) is 1. The lowest BCUT2D eigenvalue weighted by Crippen LogP contribution is -2.43. The van der Waals surface area contributed by atoms with E-state index in [1.807, 2.05) is 18.2 Å². The molecule has 0 amide bonds. The zero-order valence-electron chi connectivity index (χ0n) is 24.1. The van der Waals surface area contributed by atoms with Crippen LogP contribution in [-0.4, -0.2) is 84.2 Å². The Morgan fingerprint density at radius 2 is 1.98 bits per heavy atom. The lowest BCUT2D eigenvalue weighted by molar-refractivity contribution is 0.0945. The van der Waals surface area contributed by atoms with E-state index >= 15 is 0 Å². The van der Waals surface area contributed by atoms with Gasteiger partial charge in [-0.05, 0) is 29.9 Å². The minimum absolute atomic E-state index is 0.0340. The Hall–Kier alpha value is -3.67. The van der Waals surface area contributed by atoms with E-state index < -0.39 is 39.6 Å². The highest BCUT2D eigenvalue weighted by atomic mass is 32.2. The second-order valence-corrected chi connectivity index (χ2v) is 13.6. The number of methoxy groups -OCH3 is 1. The third-order valence-corrected chi connectivity index (χ3v) is 9.77. The molecule has 2 saturated heterocycles. The van der Waals surface area contributed by atoms with Gasteiger partial charge in [-0.15, -0.1) is 11.3 Å². The molecule has 44 heavy (non-hydrogen) atoms. The van der Waals surface area contributed by atoms with Gasteiger partial charge in [0.25, 0.3) is 0 Å². The van der Waals surface area contributed by atoms with Crippen LogP contribution in [0.25, 0.3) is 10.1 Å². The first-order chi connectivity index (χ1) is 21.0. The summed E-state index contributed by atoms with van der Waals surface area (Å²) in [5.41, 5.74) is 1.54. The predicted molar refractivity (Wildman–Crippen MR) is 162 cm³/mol. The zero-order valence-corrected chi connectivity index (χ0v) is 25.8. The minimum atomic E-state index is -3.79. The van der Waals surface area contributed by atoms with Gasteiger partial charge in [-0.1, -0.05) is 24.0 Å². The summed E-state index contributed by atoms with van der Waals surface area (Å²) in [6.07, 6.45) is -1.25. The maximum atomic E-state index is 14.4. The highest BCUT2D eigenvalue weighted by Crippen LogP contribution is 2.38. The van der Waals surface area contributed by atoms with Crippen molar-refractivity contribution in [3.8, 4) is 17.6 Å². The Morgan fingerprint density at radius 3 is 2.64 bits per heavy atom. The smallest absolute Gasteiger partial charge is 0.495 e. The van der Waals surface area contributed by atoms with Gasteiger partial charge in [-0.3, -0.25) is 4.90 Å². The van der Waals surface area contributed by atoms with Gasteiger partial charge in [0.15, 0.2) is 15.9 Å². The SMILES string of the molecule is COc1cc(S(C)(=O)=O)c(F)cc1NCC#Cc1sc2c(NC3CCN(CC4COC(=O)O4)CC3)cccc2c1CC(F)F. The fraction of sp³-hybridized carbons (Fsp3) is 0.433. The molecule has 0 saturated carbocycles. The first kappa shape index (κ1) is 31.7. The van der Waals surface area contributed by atoms with Crippen LogP contribution >= 0.6 is 11.3 Å². The average Bonchev–Trinajstić information content (AvgIpc) is 3.54. The number of piperidine rings is 1. The summed E-state index contributed by atoms with van der Waals surface area (Å²) in [4.78, 5) is 13.5. The number of nitrogens with one attached hydrogen (secondary N) is 2. The minimum Gasteiger partial charge on any atom is -0.495 e. The van der Waals surface area contributed by atoms with Crippen molar-refractivity contribution in [2.45, 2.75) is 42.7 Å². The number of hydrogen-bond acceptors (Lipinski definition) is 10. The highest BCUT2D eigenvalue weighted by Gasteiger charge is 2.29. The van der Waals surface area contributed by atoms with E-state index in [-0.39, 0.29) is 36.7 Å². The number of likely N-dealkylation sites (tertiary alicyclic amines) is 1. The molecule has 9 nitrogen and oxygen atoms in total. The lowest BCUT2D eigenvalue weighted by Gasteiger charge is -2.33. The number of rotatable bonds is 10. The van der Waals surface area contributed by atoms with Gasteiger partial charge in [0.05, 0.1) is 34.6 Å². The van der Waals surface area contributed by atoms with Crippen LogP contribution in [0.1, 0.15) is 23.3 Å². The molecule has 1 aromatic heterocycles. The molecule has 2 aromatic carbocycles. The summed E-state index contributed by atoms with van der Waals surface area (Å²) in [6, 6.07) is 7.92. The third-order valence-electron chi connectivity index (χ3n) is 7.46. The summed E-state index contributed by atoms with van der Waals surface area (Å²) >= 11 is 1.34. The predicted octanol–water partition coefficient (Wildman–Crippen LogP) is 5.14. The second kappa shape index (κ2) is 13.5. The zero-order chi connectivity index (χ0) is 31.4. The Labute approximate surface area is 257 Å². The molecule has 2 N–H and O–H groups in total. The standard InChI is InChI=1S/C30H32F3N3O6S2/c1-40-25-15-27(44(2,38)39)22(31)14-24(25)34-10-4-7-26-21(13-28(32)33)20-5-3-6-23(29(20)43-26)35-18-8-11-36(12-9-18)16-19-17-41-30(37)42-19/h3,5-6,14-15,18-19,28,34-35H,8-13,16-17H2,1-2H3. The molecule has 2 aliphatic heterocycles. The summed E-state index contributed by atoms with van der Waals surface area (Å²) < 4.78 is 81.4. The topological polar surface area (TPSA) is 106 Å². The molecule has 14 heteroatoms. The van der Waals surface area contributed by atoms with Crippen LogP contribution in [0.2, 0.25) is 0 Å². The van der Waals surface area contributed by atoms with Crippen LogP contribution in [0.15, 0.2) is 35.2 Å². The quantitative estimate of drug-likeness (QED) is 0.228. The van der Waals surface area contributed by atoms with Crippen molar-refractivity contribution in [3.63, 3.8) is 0 Å². The molecule has 236 valence electrons. The van der Waals surface area contributed by atoms with Crippen molar-refractivity contribution in [2.75, 3.05) is 56.8 Å². The molecule has 2 aliphatic rings. The summed E-state index contributed by atoms with van der Waals surface area (Å²) in [5, 5.41) is 7.23. The number of alkyl halides is 2. The number of fused-ring (bicyclic) bond motifs is 1. The van der Waals surface area contributed by atoms with Crippen LogP contribution in [0.4, 0.5) is 29.3 Å². The van der Waals surface area contributed by atoms with Crippen LogP contribution in [0.5, 0.6) is 5.75 Å². The summed E-state index contributed by atoms with van der Waals surface area (Å²) in [5.74, 6) is 5.13. The monoisotopic (exact) mass is 651 g/mol. The van der Waals surface area contributed by atoms with E-state index in [4.69, 9.17) is 14.2 Å². The van der Waals surface area contributed by atoms with Gasteiger partial charge >= 0.3 is 6.16 Å². The number of carbonyl (C=O) groups excluding carboxylic acids is 1. The van der Waals surface area contributed by atoms with Crippen molar-refractivity contribution in [2.24, 2.45) is 0 Å². The van der Waals surface area contributed by atoms with E-state index in [0.717, 1.165) is 60.1 Å². The van der Waals surface area contributed by atoms with Crippen molar-refractivity contribution in [3.05, 3.63) is 46.6 Å². The number of ether oxygens (including phenoxy) is 3. The third kappa shape index (κ3) is 7.51. The van der Waals surface area contributed by atoms with Crippen LogP contribution < -0.4 is 15.4 Å². The number of hydrogen-bond donors (Lipinski definition) is 2. The maximum absolute atomic E-state index is 14.4. The lowest BCUT2D eigenvalue weighted by atomic mass is 10.0. The fourth-order valence-electron chi connectivity index (χ4n) is 5.35. The van der Waals surface area contributed by atoms with E-state index in [0.29, 0.717) is 17.0 Å². The molecule has 0 radical (unpaired) electrons. The summed E-state index contributed by atoms with van der Waals surface area (Å²) in [7, 11) is -2.45.